The van der Waals surface area contributed by atoms with Crippen molar-refractivity contribution in [1.82, 2.24) is 20.1 Å². The van der Waals surface area contributed by atoms with Crippen LogP contribution in [0.5, 0.6) is 5.75 Å². The molecular formula is C30H23ClF3N5O4. The molecule has 0 bridgehead atoms. The number of amides is 2. The standard InChI is InChI=1S/C30H23ClF3N5O4/c1-16(17-2-4-18(5-3-17)29(42)35-9-8-28(41)38-43)39-27(15-25(37-39)20-10-22(31)14-23(40)11-20)26-12-19-6-7-21(30(32,33)34)13-24(19)36-26/h2-7,10-16,36,40H,8-9H2,1H3,(H,35,42)/t16-/m0/s1. The maximum absolute atomic E-state index is 13.3. The van der Waals surface area contributed by atoms with Crippen LogP contribution in [0.25, 0.3) is 33.5 Å². The summed E-state index contributed by atoms with van der Waals surface area (Å²) in [5.41, 5.74) is 2.68. The Morgan fingerprint density at radius 1 is 1.07 bits per heavy atom. The minimum atomic E-state index is -4.50. The summed E-state index contributed by atoms with van der Waals surface area (Å²) < 4.78 is 41.7. The minimum absolute atomic E-state index is 0.0327. The van der Waals surface area contributed by atoms with E-state index in [9.17, 15) is 32.8 Å². The van der Waals surface area contributed by atoms with Gasteiger partial charge >= 0.3 is 6.18 Å². The highest BCUT2D eigenvalue weighted by atomic mass is 35.5. The normalized spacial score (nSPS) is 12.3. The number of phenols is 1. The molecule has 3 N–H and O–H groups in total. The van der Waals surface area contributed by atoms with E-state index in [2.05, 4.69) is 15.5 Å². The van der Waals surface area contributed by atoms with Gasteiger partial charge in [-0.1, -0.05) is 29.8 Å². The Balaban J connectivity index is 1.51. The first kappa shape index (κ1) is 29.5. The molecule has 2 heterocycles. The Hall–Kier alpha value is -4.97. The molecule has 0 saturated heterocycles. The van der Waals surface area contributed by atoms with E-state index in [-0.39, 0.29) is 18.7 Å². The van der Waals surface area contributed by atoms with Gasteiger partial charge in [-0.2, -0.15) is 18.3 Å². The van der Waals surface area contributed by atoms with Gasteiger partial charge in [-0.25, -0.2) is 0 Å². The molecule has 1 atom stereocenters. The van der Waals surface area contributed by atoms with Crippen molar-refractivity contribution in [1.29, 1.82) is 0 Å². The monoisotopic (exact) mass is 609 g/mol. The number of rotatable bonds is 8. The van der Waals surface area contributed by atoms with Crippen LogP contribution in [0.2, 0.25) is 5.02 Å². The van der Waals surface area contributed by atoms with Crippen LogP contribution < -0.4 is 5.32 Å². The number of carbonyl (C=O) groups excluding carboxylic acids is 2. The van der Waals surface area contributed by atoms with Crippen LogP contribution in [0, 0.1) is 4.91 Å². The summed E-state index contributed by atoms with van der Waals surface area (Å²) in [5, 5.41) is 20.6. The first-order valence-corrected chi connectivity index (χ1v) is 13.3. The second-order valence-corrected chi connectivity index (χ2v) is 10.3. The summed E-state index contributed by atoms with van der Waals surface area (Å²) in [4.78, 5) is 36.8. The third-order valence-electron chi connectivity index (χ3n) is 6.89. The highest BCUT2D eigenvalue weighted by Crippen LogP contribution is 2.36. The zero-order valence-electron chi connectivity index (χ0n) is 22.4. The van der Waals surface area contributed by atoms with E-state index in [1.54, 1.807) is 47.1 Å². The van der Waals surface area contributed by atoms with Gasteiger partial charge < -0.3 is 15.4 Å². The molecule has 220 valence electrons. The van der Waals surface area contributed by atoms with Crippen molar-refractivity contribution in [3.05, 3.63) is 99.4 Å². The van der Waals surface area contributed by atoms with Crippen molar-refractivity contribution < 1.29 is 27.9 Å². The number of alkyl halides is 3. The van der Waals surface area contributed by atoms with Crippen molar-refractivity contribution in [2.24, 2.45) is 5.18 Å². The van der Waals surface area contributed by atoms with Crippen LogP contribution in [0.15, 0.2) is 78.0 Å². The quantitative estimate of drug-likeness (QED) is 0.162. The third kappa shape index (κ3) is 6.44. The molecule has 9 nitrogen and oxygen atoms in total. The molecule has 0 spiro atoms. The lowest BCUT2D eigenvalue weighted by molar-refractivity contribution is -0.137. The van der Waals surface area contributed by atoms with E-state index in [1.165, 1.54) is 18.2 Å². The Labute approximate surface area is 247 Å². The fourth-order valence-corrected chi connectivity index (χ4v) is 4.91. The number of fused-ring (bicyclic) bond motifs is 1. The molecule has 0 aliphatic carbocycles. The summed E-state index contributed by atoms with van der Waals surface area (Å²) in [5.74, 6) is -1.35. The smallest absolute Gasteiger partial charge is 0.416 e. The number of hydrogen-bond acceptors (Lipinski definition) is 5. The lowest BCUT2D eigenvalue weighted by Gasteiger charge is -2.16. The molecule has 3 aromatic carbocycles. The van der Waals surface area contributed by atoms with Gasteiger partial charge in [0.1, 0.15) is 5.75 Å². The number of aromatic amines is 1. The Kier molecular flexibility index (Phi) is 8.05. The van der Waals surface area contributed by atoms with Crippen LogP contribution in [0.1, 0.15) is 40.9 Å². The Morgan fingerprint density at radius 2 is 1.81 bits per heavy atom. The van der Waals surface area contributed by atoms with Crippen molar-refractivity contribution in [3.8, 4) is 28.4 Å². The van der Waals surface area contributed by atoms with Crippen LogP contribution >= 0.6 is 11.6 Å². The lowest BCUT2D eigenvalue weighted by atomic mass is 10.1. The van der Waals surface area contributed by atoms with Crippen LogP contribution in [-0.2, 0) is 11.0 Å². The molecule has 0 radical (unpaired) electrons. The first-order chi connectivity index (χ1) is 20.4. The fourth-order valence-electron chi connectivity index (χ4n) is 4.68. The van der Waals surface area contributed by atoms with Crippen LogP contribution in [0.3, 0.4) is 0 Å². The van der Waals surface area contributed by atoms with E-state index in [0.717, 1.165) is 17.7 Å². The molecule has 5 rings (SSSR count). The number of nitrogens with one attached hydrogen (secondary N) is 2. The Morgan fingerprint density at radius 3 is 2.49 bits per heavy atom. The zero-order chi connectivity index (χ0) is 30.9. The van der Waals surface area contributed by atoms with Crippen molar-refractivity contribution in [3.63, 3.8) is 0 Å². The van der Waals surface area contributed by atoms with Crippen molar-refractivity contribution in [2.75, 3.05) is 6.54 Å². The molecule has 43 heavy (non-hydrogen) atoms. The van der Waals surface area contributed by atoms with Gasteiger partial charge in [0.25, 0.3) is 11.8 Å². The molecule has 0 fully saturated rings. The molecular weight excluding hydrogens is 587 g/mol. The second-order valence-electron chi connectivity index (χ2n) is 9.83. The molecule has 13 heteroatoms. The number of halogens is 4. The third-order valence-corrected chi connectivity index (χ3v) is 7.11. The van der Waals surface area contributed by atoms with E-state index in [0.29, 0.717) is 44.1 Å². The number of nitroso groups, excluding NO2 is 1. The summed E-state index contributed by atoms with van der Waals surface area (Å²) in [7, 11) is 0. The number of carbonyl (C=O) groups is 2. The number of phenolic OH excluding ortho intramolecular Hbond substituents is 1. The summed E-state index contributed by atoms with van der Waals surface area (Å²) in [6.45, 7) is 1.84. The van der Waals surface area contributed by atoms with Gasteiger partial charge in [0.15, 0.2) is 0 Å². The highest BCUT2D eigenvalue weighted by molar-refractivity contribution is 6.31. The molecule has 2 amide bonds. The zero-order valence-corrected chi connectivity index (χ0v) is 23.2. The number of benzene rings is 3. The van der Waals surface area contributed by atoms with Crippen molar-refractivity contribution in [2.45, 2.75) is 25.6 Å². The van der Waals surface area contributed by atoms with Gasteiger partial charge in [0.05, 0.1) is 28.7 Å². The van der Waals surface area contributed by atoms with Gasteiger partial charge in [0.2, 0.25) is 0 Å². The number of H-pyrrole nitrogens is 1. The van der Waals surface area contributed by atoms with E-state index in [1.807, 2.05) is 6.92 Å². The second kappa shape index (κ2) is 11.7. The van der Waals surface area contributed by atoms with Gasteiger partial charge in [0, 0.05) is 45.2 Å². The SMILES string of the molecule is C[C@@H](c1ccc(C(=O)NCCC(=O)N=O)cc1)n1nc(-c2cc(O)cc(Cl)c2)cc1-c1cc2ccc(C(F)(F)F)cc2[nH]1. The minimum Gasteiger partial charge on any atom is -0.508 e. The molecule has 0 aliphatic heterocycles. The topological polar surface area (TPSA) is 129 Å². The number of hydrogen-bond donors (Lipinski definition) is 3. The largest absolute Gasteiger partial charge is 0.508 e. The number of aromatic nitrogens is 3. The number of aromatic hydroxyl groups is 1. The van der Waals surface area contributed by atoms with E-state index >= 15 is 0 Å². The maximum atomic E-state index is 13.3. The average Bonchev–Trinajstić information content (AvgIpc) is 3.60. The highest BCUT2D eigenvalue weighted by Gasteiger charge is 2.31. The summed E-state index contributed by atoms with van der Waals surface area (Å²) in [6.07, 6.45) is -4.70. The van der Waals surface area contributed by atoms with Gasteiger partial charge in [-0.05, 0) is 67.1 Å². The predicted octanol–water partition coefficient (Wildman–Crippen LogP) is 7.10. The molecule has 5 aromatic rings. The van der Waals surface area contributed by atoms with Gasteiger partial charge in [-0.3, -0.25) is 14.3 Å². The van der Waals surface area contributed by atoms with E-state index < -0.39 is 29.6 Å². The van der Waals surface area contributed by atoms with Crippen LogP contribution in [-0.4, -0.2) is 38.2 Å². The average molecular weight is 610 g/mol. The van der Waals surface area contributed by atoms with E-state index in [4.69, 9.17) is 16.7 Å². The molecule has 0 aliphatic rings. The molecule has 2 aromatic heterocycles. The Bertz CT molecular complexity index is 1830. The first-order valence-electron chi connectivity index (χ1n) is 13.0. The molecule has 0 unspecified atom stereocenters. The summed E-state index contributed by atoms with van der Waals surface area (Å²) >= 11 is 6.16. The fraction of sp³-hybridized carbons (Fsp3) is 0.167. The maximum Gasteiger partial charge on any atom is 0.416 e. The number of nitrogens with zero attached hydrogens (tertiary/aromatic N) is 3. The lowest BCUT2D eigenvalue weighted by Crippen LogP contribution is -2.25. The predicted molar refractivity (Wildman–Crippen MR) is 155 cm³/mol. The van der Waals surface area contributed by atoms with Crippen molar-refractivity contribution >= 4 is 34.3 Å². The molecule has 0 saturated carbocycles. The van der Waals surface area contributed by atoms with Gasteiger partial charge in [-0.15, -0.1) is 4.91 Å². The summed E-state index contributed by atoms with van der Waals surface area (Å²) in [6, 6.07) is 17.7. The van der Waals surface area contributed by atoms with Crippen LogP contribution in [0.4, 0.5) is 13.2 Å².